The molecule has 1 aromatic heterocycles. The zero-order valence-electron chi connectivity index (χ0n) is 13.4. The van der Waals surface area contributed by atoms with Crippen molar-refractivity contribution in [3.63, 3.8) is 0 Å². The summed E-state index contributed by atoms with van der Waals surface area (Å²) in [6.45, 7) is 2.04. The second-order valence-corrected chi connectivity index (χ2v) is 6.55. The average Bonchev–Trinajstić information content (AvgIpc) is 3.02. The van der Waals surface area contributed by atoms with Crippen LogP contribution in [0, 0.1) is 0 Å². The molecule has 0 aliphatic carbocycles. The summed E-state index contributed by atoms with van der Waals surface area (Å²) in [5, 5.41) is 8.11. The molecule has 1 N–H and O–H groups in total. The van der Waals surface area contributed by atoms with Gasteiger partial charge in [-0.1, -0.05) is 42.5 Å². The lowest BCUT2D eigenvalue weighted by atomic mass is 10.0. The van der Waals surface area contributed by atoms with Gasteiger partial charge in [0.25, 0.3) is 0 Å². The molecule has 0 fully saturated rings. The highest BCUT2D eigenvalue weighted by atomic mass is 32.1. The number of hydrogen-bond acceptors (Lipinski definition) is 3. The summed E-state index contributed by atoms with van der Waals surface area (Å²) in [6, 6.07) is 14.8. The predicted molar refractivity (Wildman–Crippen MR) is 103 cm³/mol. The summed E-state index contributed by atoms with van der Waals surface area (Å²) < 4.78 is 7.13. The van der Waals surface area contributed by atoms with E-state index in [1.807, 2.05) is 11.6 Å². The molecule has 1 heterocycles. The van der Waals surface area contributed by atoms with Gasteiger partial charge in [-0.15, -0.1) is 11.3 Å². The van der Waals surface area contributed by atoms with Gasteiger partial charge in [-0.05, 0) is 28.6 Å². The fraction of sp³-hybridized carbons (Fsp3) is 0.222. The molecule has 0 amide bonds. The maximum Gasteiger partial charge on any atom is 0.195 e. The van der Waals surface area contributed by atoms with Crippen LogP contribution in [-0.4, -0.2) is 29.9 Å². The highest BCUT2D eigenvalue weighted by molar-refractivity contribution is 7.80. The number of nitrogens with one attached hydrogen (secondary N) is 1. The lowest BCUT2D eigenvalue weighted by Gasteiger charge is -2.08. The van der Waals surface area contributed by atoms with E-state index in [2.05, 4.69) is 57.3 Å². The summed E-state index contributed by atoms with van der Waals surface area (Å²) in [5.74, 6) is 0. The van der Waals surface area contributed by atoms with E-state index >= 15 is 0 Å². The van der Waals surface area contributed by atoms with Gasteiger partial charge in [-0.3, -0.25) is 0 Å². The van der Waals surface area contributed by atoms with E-state index in [1.165, 1.54) is 16.3 Å². The maximum absolute atomic E-state index is 5.28. The van der Waals surface area contributed by atoms with Crippen molar-refractivity contribution in [1.82, 2.24) is 9.88 Å². The van der Waals surface area contributed by atoms with Crippen LogP contribution in [0.1, 0.15) is 5.56 Å². The van der Waals surface area contributed by atoms with Crippen molar-refractivity contribution in [3.8, 4) is 0 Å². The summed E-state index contributed by atoms with van der Waals surface area (Å²) in [5.41, 5.74) is 1.27. The molecule has 3 aromatic rings. The van der Waals surface area contributed by atoms with Crippen molar-refractivity contribution in [1.29, 1.82) is 0 Å². The monoisotopic (exact) mass is 357 g/mol. The van der Waals surface area contributed by atoms with E-state index < -0.39 is 0 Å². The van der Waals surface area contributed by atoms with Gasteiger partial charge in [0.2, 0.25) is 0 Å². The number of thiazole rings is 1. The van der Waals surface area contributed by atoms with Crippen LogP contribution in [0.4, 0.5) is 0 Å². The Bertz CT molecular complexity index is 893. The minimum absolute atomic E-state index is 0.487. The third kappa shape index (κ3) is 4.08. The highest BCUT2D eigenvalue weighted by Gasteiger charge is 2.03. The Hall–Kier alpha value is -2.02. The van der Waals surface area contributed by atoms with Crippen LogP contribution in [-0.2, 0) is 11.3 Å². The Balaban J connectivity index is 1.84. The normalized spacial score (nSPS) is 11.8. The zero-order chi connectivity index (χ0) is 16.8. The van der Waals surface area contributed by atoms with Crippen LogP contribution in [0.3, 0.4) is 0 Å². The number of ether oxygens (including phenoxy) is 1. The third-order valence-corrected chi connectivity index (χ3v) is 4.69. The number of aromatic nitrogens is 1. The van der Waals surface area contributed by atoms with Crippen molar-refractivity contribution >= 4 is 39.4 Å². The minimum atomic E-state index is 0.487. The molecule has 24 heavy (non-hydrogen) atoms. The molecule has 4 nitrogen and oxygen atoms in total. The van der Waals surface area contributed by atoms with E-state index in [-0.39, 0.29) is 0 Å². The molecular weight excluding hydrogens is 338 g/mol. The standard InChI is InChI=1S/C18H19N3OS2/c1-22-11-9-19-17(23)20-18-21(10-12-24-18)13-15-7-4-6-14-5-2-3-8-16(14)15/h2-8,10,12H,9,11,13H2,1H3,(H,19,23). The Morgan fingerprint density at radius 3 is 2.96 bits per heavy atom. The SMILES string of the molecule is COCCNC(=S)N=c1sccn1Cc1cccc2ccccc12. The summed E-state index contributed by atoms with van der Waals surface area (Å²) in [4.78, 5) is 5.40. The molecular formula is C18H19N3OS2. The minimum Gasteiger partial charge on any atom is -0.383 e. The second kappa shape index (κ2) is 8.19. The smallest absolute Gasteiger partial charge is 0.195 e. The molecule has 3 rings (SSSR count). The first-order valence-electron chi connectivity index (χ1n) is 7.70. The van der Waals surface area contributed by atoms with Gasteiger partial charge < -0.3 is 14.6 Å². The number of fused-ring (bicyclic) bond motifs is 1. The van der Waals surface area contributed by atoms with Crippen LogP contribution in [0.2, 0.25) is 0 Å². The molecule has 0 bridgehead atoms. The predicted octanol–water partition coefficient (Wildman–Crippen LogP) is 3.17. The van der Waals surface area contributed by atoms with Gasteiger partial charge in [-0.2, -0.15) is 4.99 Å². The lowest BCUT2D eigenvalue weighted by molar-refractivity contribution is 0.204. The van der Waals surface area contributed by atoms with Gasteiger partial charge in [-0.25, -0.2) is 0 Å². The molecule has 0 aliphatic heterocycles. The summed E-state index contributed by atoms with van der Waals surface area (Å²) in [7, 11) is 1.67. The van der Waals surface area contributed by atoms with Crippen LogP contribution < -0.4 is 10.1 Å². The van der Waals surface area contributed by atoms with Gasteiger partial charge >= 0.3 is 0 Å². The lowest BCUT2D eigenvalue weighted by Crippen LogP contribution is -2.27. The molecule has 0 spiro atoms. The van der Waals surface area contributed by atoms with E-state index in [4.69, 9.17) is 17.0 Å². The van der Waals surface area contributed by atoms with Crippen molar-refractivity contribution in [2.24, 2.45) is 4.99 Å². The van der Waals surface area contributed by atoms with Crippen molar-refractivity contribution < 1.29 is 4.74 Å². The first-order valence-corrected chi connectivity index (χ1v) is 8.99. The summed E-state index contributed by atoms with van der Waals surface area (Å²) in [6.07, 6.45) is 2.04. The molecule has 124 valence electrons. The number of nitrogens with zero attached hydrogens (tertiary/aromatic N) is 2. The fourth-order valence-corrected chi connectivity index (χ4v) is 3.49. The quantitative estimate of drug-likeness (QED) is 0.563. The molecule has 0 atom stereocenters. The van der Waals surface area contributed by atoms with Gasteiger partial charge in [0, 0.05) is 25.2 Å². The van der Waals surface area contributed by atoms with Gasteiger partial charge in [0.05, 0.1) is 13.2 Å². The van der Waals surface area contributed by atoms with E-state index in [0.29, 0.717) is 18.3 Å². The van der Waals surface area contributed by atoms with Crippen LogP contribution in [0.25, 0.3) is 10.8 Å². The Morgan fingerprint density at radius 1 is 1.25 bits per heavy atom. The molecule has 0 saturated carbocycles. The Labute approximate surface area is 150 Å². The van der Waals surface area contributed by atoms with Crippen LogP contribution in [0.5, 0.6) is 0 Å². The number of thiocarbonyl (C=S) groups is 1. The first kappa shape index (κ1) is 16.8. The molecule has 0 unspecified atom stereocenters. The molecule has 0 radical (unpaired) electrons. The van der Waals surface area contributed by atoms with E-state index in [9.17, 15) is 0 Å². The Kier molecular flexibility index (Phi) is 5.74. The number of hydrogen-bond donors (Lipinski definition) is 1. The second-order valence-electron chi connectivity index (χ2n) is 5.29. The number of rotatable bonds is 5. The molecule has 0 saturated heterocycles. The zero-order valence-corrected chi connectivity index (χ0v) is 15.1. The van der Waals surface area contributed by atoms with Crippen molar-refractivity contribution in [2.75, 3.05) is 20.3 Å². The first-order chi connectivity index (χ1) is 11.8. The van der Waals surface area contributed by atoms with Gasteiger partial charge in [0.1, 0.15) is 0 Å². The van der Waals surface area contributed by atoms with Crippen molar-refractivity contribution in [3.05, 3.63) is 64.4 Å². The topological polar surface area (TPSA) is 38.5 Å². The third-order valence-electron chi connectivity index (χ3n) is 3.66. The van der Waals surface area contributed by atoms with Crippen molar-refractivity contribution in [2.45, 2.75) is 6.54 Å². The fourth-order valence-electron chi connectivity index (χ4n) is 2.51. The highest BCUT2D eigenvalue weighted by Crippen LogP contribution is 2.19. The van der Waals surface area contributed by atoms with Crippen LogP contribution >= 0.6 is 23.6 Å². The molecule has 0 aliphatic rings. The molecule has 6 heteroatoms. The Morgan fingerprint density at radius 2 is 2.08 bits per heavy atom. The van der Waals surface area contributed by atoms with E-state index in [0.717, 1.165) is 11.3 Å². The number of methoxy groups -OCH3 is 1. The summed E-state index contributed by atoms with van der Waals surface area (Å²) >= 11 is 6.86. The largest absolute Gasteiger partial charge is 0.383 e. The molecule has 2 aromatic carbocycles. The maximum atomic E-state index is 5.28. The van der Waals surface area contributed by atoms with Crippen LogP contribution in [0.15, 0.2) is 59.0 Å². The van der Waals surface area contributed by atoms with E-state index in [1.54, 1.807) is 18.4 Å². The van der Waals surface area contributed by atoms with Gasteiger partial charge in [0.15, 0.2) is 9.91 Å². The average molecular weight is 358 g/mol. The number of benzene rings is 2.